The number of nitrogens with zero attached hydrogens (tertiary/aromatic N) is 3. The normalized spacial score (nSPS) is 13.7. The summed E-state index contributed by atoms with van der Waals surface area (Å²) in [5.74, 6) is -3.23. The second kappa shape index (κ2) is 4.87. The summed E-state index contributed by atoms with van der Waals surface area (Å²) in [6, 6.07) is 1.34. The summed E-state index contributed by atoms with van der Waals surface area (Å²) in [7, 11) is 0. The van der Waals surface area contributed by atoms with Crippen LogP contribution in [0.15, 0.2) is 16.7 Å². The summed E-state index contributed by atoms with van der Waals surface area (Å²) in [4.78, 5) is 17.1. The van der Waals surface area contributed by atoms with Crippen molar-refractivity contribution >= 4 is 27.8 Å². The quantitative estimate of drug-likeness (QED) is 0.733. The number of rotatable bonds is 1. The highest BCUT2D eigenvalue weighted by molar-refractivity contribution is 9.10. The Kier molecular flexibility index (Phi) is 3.27. The Hall–Kier alpha value is -1.83. The fourth-order valence-electron chi connectivity index (χ4n) is 2.32. The highest BCUT2D eigenvalue weighted by Crippen LogP contribution is 2.36. The van der Waals surface area contributed by atoms with Crippen LogP contribution in [0.1, 0.15) is 6.92 Å². The maximum Gasteiger partial charge on any atom is 0.226 e. The predicted molar refractivity (Wildman–Crippen MR) is 73.3 cm³/mol. The Balaban J connectivity index is 2.18. The number of imidazole rings is 1. The van der Waals surface area contributed by atoms with Crippen LogP contribution in [0.2, 0.25) is 0 Å². The van der Waals surface area contributed by atoms with Crippen LogP contribution in [0.25, 0.3) is 11.3 Å². The molecule has 8 heteroatoms. The zero-order valence-electron chi connectivity index (χ0n) is 10.8. The van der Waals surface area contributed by atoms with Crippen LogP contribution < -0.4 is 4.90 Å². The van der Waals surface area contributed by atoms with E-state index in [4.69, 9.17) is 0 Å². The van der Waals surface area contributed by atoms with Crippen molar-refractivity contribution in [3.63, 3.8) is 0 Å². The van der Waals surface area contributed by atoms with Crippen molar-refractivity contribution in [3.05, 3.63) is 34.2 Å². The molecule has 0 radical (unpaired) electrons. The third kappa shape index (κ3) is 2.14. The average molecular weight is 360 g/mol. The monoisotopic (exact) mass is 359 g/mol. The molecular weight excluding hydrogens is 351 g/mol. The minimum absolute atomic E-state index is 0.0619. The fraction of sp³-hybridized carbons (Fsp3) is 0.231. The van der Waals surface area contributed by atoms with Gasteiger partial charge in [0.05, 0.1) is 0 Å². The van der Waals surface area contributed by atoms with Crippen LogP contribution in [-0.4, -0.2) is 22.0 Å². The van der Waals surface area contributed by atoms with Crippen molar-refractivity contribution in [3.8, 4) is 11.3 Å². The molecule has 0 saturated heterocycles. The Bertz CT molecular complexity index is 760. The molecule has 0 spiro atoms. The average Bonchev–Trinajstić information content (AvgIpc) is 2.95. The number of carbonyl (C=O) groups excluding carboxylic acids is 1. The minimum Gasteiger partial charge on any atom is -0.302 e. The third-order valence-electron chi connectivity index (χ3n) is 3.30. The van der Waals surface area contributed by atoms with Gasteiger partial charge in [-0.25, -0.2) is 18.2 Å². The second-order valence-corrected chi connectivity index (χ2v) is 5.37. The van der Waals surface area contributed by atoms with Crippen molar-refractivity contribution in [1.29, 1.82) is 0 Å². The van der Waals surface area contributed by atoms with Gasteiger partial charge in [-0.1, -0.05) is 0 Å². The standard InChI is InChI=1S/C13H9BrF3N3O/c1-6(21)19-2-3-20-12(14)11(18-13(19)20)8-4-7(15)5-9(16)10(8)17/h4-5H,2-3H2,1H3. The maximum absolute atomic E-state index is 13.9. The highest BCUT2D eigenvalue weighted by atomic mass is 79.9. The number of halogens is 4. The molecule has 110 valence electrons. The van der Waals surface area contributed by atoms with Gasteiger partial charge in [0.15, 0.2) is 11.6 Å². The van der Waals surface area contributed by atoms with Gasteiger partial charge in [-0.3, -0.25) is 9.69 Å². The summed E-state index contributed by atoms with van der Waals surface area (Å²) in [6.45, 7) is 2.32. The van der Waals surface area contributed by atoms with Gasteiger partial charge in [0, 0.05) is 31.6 Å². The maximum atomic E-state index is 13.9. The molecule has 2 aromatic rings. The lowest BCUT2D eigenvalue weighted by molar-refractivity contribution is -0.116. The molecule has 0 fully saturated rings. The number of fused-ring (bicyclic) bond motifs is 1. The van der Waals surface area contributed by atoms with E-state index >= 15 is 0 Å². The van der Waals surface area contributed by atoms with E-state index in [1.54, 1.807) is 4.57 Å². The van der Waals surface area contributed by atoms with Crippen LogP contribution in [-0.2, 0) is 11.3 Å². The van der Waals surface area contributed by atoms with E-state index in [-0.39, 0.29) is 17.2 Å². The summed E-state index contributed by atoms with van der Waals surface area (Å²) >= 11 is 3.25. The van der Waals surface area contributed by atoms with Crippen LogP contribution >= 0.6 is 15.9 Å². The Morgan fingerprint density at radius 1 is 1.29 bits per heavy atom. The number of benzene rings is 1. The van der Waals surface area contributed by atoms with Crippen LogP contribution in [0.4, 0.5) is 19.1 Å². The van der Waals surface area contributed by atoms with Gasteiger partial charge in [0.2, 0.25) is 11.9 Å². The minimum atomic E-state index is -1.28. The van der Waals surface area contributed by atoms with Crippen LogP contribution in [0, 0.1) is 17.5 Å². The zero-order valence-corrected chi connectivity index (χ0v) is 12.4. The molecule has 0 unspecified atom stereocenters. The molecule has 21 heavy (non-hydrogen) atoms. The molecule has 1 aromatic carbocycles. The molecule has 3 rings (SSSR count). The molecule has 4 nitrogen and oxygen atoms in total. The Labute approximate surface area is 126 Å². The lowest BCUT2D eigenvalue weighted by Gasteiger charge is -2.10. The molecule has 0 atom stereocenters. The highest BCUT2D eigenvalue weighted by Gasteiger charge is 2.30. The van der Waals surface area contributed by atoms with Gasteiger partial charge in [0.25, 0.3) is 0 Å². The van der Waals surface area contributed by atoms with E-state index in [0.717, 1.165) is 6.07 Å². The number of anilines is 1. The van der Waals surface area contributed by atoms with Crippen molar-refractivity contribution in [2.24, 2.45) is 0 Å². The summed E-state index contributed by atoms with van der Waals surface area (Å²) < 4.78 is 42.6. The topological polar surface area (TPSA) is 38.1 Å². The predicted octanol–water partition coefficient (Wildman–Crippen LogP) is 3.10. The zero-order chi connectivity index (χ0) is 15.3. The van der Waals surface area contributed by atoms with Crippen LogP contribution in [0.5, 0.6) is 0 Å². The first-order chi connectivity index (χ1) is 9.90. The van der Waals surface area contributed by atoms with Gasteiger partial charge in [-0.15, -0.1) is 0 Å². The van der Waals surface area contributed by atoms with Crippen molar-refractivity contribution < 1.29 is 18.0 Å². The van der Waals surface area contributed by atoms with E-state index in [0.29, 0.717) is 29.7 Å². The first-order valence-corrected chi connectivity index (χ1v) is 6.88. The Morgan fingerprint density at radius 3 is 2.67 bits per heavy atom. The van der Waals surface area contributed by atoms with Crippen molar-refractivity contribution in [2.45, 2.75) is 13.5 Å². The third-order valence-corrected chi connectivity index (χ3v) is 4.11. The van der Waals surface area contributed by atoms with E-state index < -0.39 is 17.5 Å². The number of hydrogen-bond donors (Lipinski definition) is 0. The van der Waals surface area contributed by atoms with Crippen molar-refractivity contribution in [2.75, 3.05) is 11.4 Å². The number of amides is 1. The molecule has 0 bridgehead atoms. The molecule has 0 aliphatic carbocycles. The lowest BCUT2D eigenvalue weighted by atomic mass is 10.1. The van der Waals surface area contributed by atoms with E-state index in [9.17, 15) is 18.0 Å². The van der Waals surface area contributed by atoms with Gasteiger partial charge >= 0.3 is 0 Å². The van der Waals surface area contributed by atoms with E-state index in [2.05, 4.69) is 20.9 Å². The summed E-state index contributed by atoms with van der Waals surface area (Å²) in [5, 5.41) is 0. The molecule has 1 amide bonds. The lowest BCUT2D eigenvalue weighted by Crippen LogP contribution is -2.26. The first kappa shape index (κ1) is 14.1. The fourth-order valence-corrected chi connectivity index (χ4v) is 2.96. The Morgan fingerprint density at radius 2 is 2.00 bits per heavy atom. The van der Waals surface area contributed by atoms with Gasteiger partial charge in [0.1, 0.15) is 16.1 Å². The largest absolute Gasteiger partial charge is 0.302 e. The first-order valence-electron chi connectivity index (χ1n) is 6.09. The van der Waals surface area contributed by atoms with E-state index in [1.165, 1.54) is 11.8 Å². The van der Waals surface area contributed by atoms with Gasteiger partial charge < -0.3 is 4.57 Å². The summed E-state index contributed by atoms with van der Waals surface area (Å²) in [6.07, 6.45) is 0. The van der Waals surface area contributed by atoms with Crippen molar-refractivity contribution in [1.82, 2.24) is 9.55 Å². The molecule has 1 aliphatic heterocycles. The second-order valence-electron chi connectivity index (χ2n) is 4.62. The van der Waals surface area contributed by atoms with Gasteiger partial charge in [-0.2, -0.15) is 0 Å². The molecule has 1 aromatic heterocycles. The SMILES string of the molecule is CC(=O)N1CCn2c1nc(-c1cc(F)cc(F)c1F)c2Br. The molecular formula is C13H9BrF3N3O. The number of hydrogen-bond acceptors (Lipinski definition) is 2. The van der Waals surface area contributed by atoms with Crippen LogP contribution in [0.3, 0.4) is 0 Å². The molecule has 1 aliphatic rings. The van der Waals surface area contributed by atoms with E-state index in [1.807, 2.05) is 0 Å². The molecule has 0 N–H and O–H groups in total. The molecule has 0 saturated carbocycles. The number of carbonyl (C=O) groups is 1. The molecule has 2 heterocycles. The number of aromatic nitrogens is 2. The summed E-state index contributed by atoms with van der Waals surface area (Å²) in [5.41, 5.74) is -0.225. The smallest absolute Gasteiger partial charge is 0.226 e. The van der Waals surface area contributed by atoms with Gasteiger partial charge in [-0.05, 0) is 22.0 Å².